The first-order valence-corrected chi connectivity index (χ1v) is 15.8. The van der Waals surface area contributed by atoms with Crippen LogP contribution in [0.4, 0.5) is 10.5 Å². The molecule has 3 aromatic carbocycles. The Bertz CT molecular complexity index is 1430. The normalized spacial score (nSPS) is 13.4. The number of amides is 3. The van der Waals surface area contributed by atoms with Crippen LogP contribution in [-0.4, -0.2) is 41.0 Å². The highest BCUT2D eigenvalue weighted by molar-refractivity contribution is 6.00. The number of benzene rings is 3. The van der Waals surface area contributed by atoms with Crippen LogP contribution in [0.15, 0.2) is 73.3 Å². The molecule has 3 unspecified atom stereocenters. The summed E-state index contributed by atoms with van der Waals surface area (Å²) in [6, 6.07) is 19.4. The molecule has 44 heavy (non-hydrogen) atoms. The van der Waals surface area contributed by atoms with Crippen LogP contribution in [-0.2, 0) is 14.3 Å². The number of rotatable bonds is 14. The standard InChI is InChI=1S/C37H49N3O4/c1-8-11-12-15-23-40(35(42)32(26(4)9-2)39-36(43)44-37(5,6)7)33(30-20-16-17-27(10-3)24-30)34(41)38-31-22-21-28-18-13-14-19-29(28)25-31/h10,13-14,16-22,24-26,32-33H,3,8-9,11-12,15,23H2,1-2,4-7H3,(H,38,41)(H,39,43). The van der Waals surface area contributed by atoms with Crippen LogP contribution < -0.4 is 10.6 Å². The van der Waals surface area contributed by atoms with Crippen LogP contribution in [0.1, 0.15) is 90.8 Å². The molecule has 3 aromatic rings. The number of fused-ring (bicyclic) bond motifs is 1. The SMILES string of the molecule is C=Cc1cccc(C(C(=O)Nc2ccc3ccccc3c2)N(CCCCCC)C(=O)C(NC(=O)OC(C)(C)C)C(C)CC)c1. The van der Waals surface area contributed by atoms with Crippen molar-refractivity contribution < 1.29 is 19.1 Å². The van der Waals surface area contributed by atoms with Gasteiger partial charge in [-0.15, -0.1) is 0 Å². The first-order valence-electron chi connectivity index (χ1n) is 15.8. The Hall–Kier alpha value is -4.13. The van der Waals surface area contributed by atoms with Gasteiger partial charge in [0.25, 0.3) is 5.91 Å². The van der Waals surface area contributed by atoms with E-state index in [1.807, 2.05) is 80.6 Å². The van der Waals surface area contributed by atoms with Gasteiger partial charge < -0.3 is 20.3 Å². The number of nitrogens with one attached hydrogen (secondary N) is 2. The highest BCUT2D eigenvalue weighted by Gasteiger charge is 2.38. The minimum absolute atomic E-state index is 0.197. The maximum absolute atomic E-state index is 14.6. The molecule has 3 amide bonds. The van der Waals surface area contributed by atoms with Crippen LogP contribution in [0.3, 0.4) is 0 Å². The van der Waals surface area contributed by atoms with E-state index in [1.165, 1.54) is 0 Å². The molecular formula is C37H49N3O4. The number of anilines is 1. The molecule has 0 aliphatic carbocycles. The maximum atomic E-state index is 14.6. The predicted octanol–water partition coefficient (Wildman–Crippen LogP) is 8.51. The van der Waals surface area contributed by atoms with E-state index >= 15 is 0 Å². The van der Waals surface area contributed by atoms with E-state index in [2.05, 4.69) is 24.1 Å². The molecule has 0 bridgehead atoms. The Kier molecular flexibility index (Phi) is 12.6. The third-order valence-corrected chi connectivity index (χ3v) is 7.73. The minimum Gasteiger partial charge on any atom is -0.444 e. The molecule has 236 valence electrons. The summed E-state index contributed by atoms with van der Waals surface area (Å²) in [6.45, 7) is 15.7. The first-order chi connectivity index (χ1) is 21.0. The zero-order valence-electron chi connectivity index (χ0n) is 27.2. The van der Waals surface area contributed by atoms with E-state index < -0.39 is 23.8 Å². The van der Waals surface area contributed by atoms with Crippen molar-refractivity contribution in [2.45, 2.75) is 91.3 Å². The molecule has 7 nitrogen and oxygen atoms in total. The molecular weight excluding hydrogens is 550 g/mol. The third-order valence-electron chi connectivity index (χ3n) is 7.73. The van der Waals surface area contributed by atoms with Crippen molar-refractivity contribution in [2.24, 2.45) is 5.92 Å². The van der Waals surface area contributed by atoms with Crippen molar-refractivity contribution >= 4 is 40.4 Å². The van der Waals surface area contributed by atoms with Gasteiger partial charge >= 0.3 is 6.09 Å². The lowest BCUT2D eigenvalue weighted by molar-refractivity contribution is -0.142. The van der Waals surface area contributed by atoms with Gasteiger partial charge in [-0.25, -0.2) is 4.79 Å². The van der Waals surface area contributed by atoms with Gasteiger partial charge in [-0.2, -0.15) is 0 Å². The van der Waals surface area contributed by atoms with Crippen molar-refractivity contribution in [2.75, 3.05) is 11.9 Å². The molecule has 3 atom stereocenters. The van der Waals surface area contributed by atoms with Crippen LogP contribution in [0.5, 0.6) is 0 Å². The van der Waals surface area contributed by atoms with E-state index in [0.717, 1.165) is 42.0 Å². The lowest BCUT2D eigenvalue weighted by atomic mass is 9.95. The summed E-state index contributed by atoms with van der Waals surface area (Å²) < 4.78 is 5.53. The van der Waals surface area contributed by atoms with Gasteiger partial charge in [-0.1, -0.05) is 108 Å². The monoisotopic (exact) mass is 599 g/mol. The number of alkyl carbamates (subject to hydrolysis) is 1. The Morgan fingerprint density at radius 3 is 2.32 bits per heavy atom. The zero-order chi connectivity index (χ0) is 32.3. The molecule has 3 rings (SSSR count). The van der Waals surface area contributed by atoms with Crippen LogP contribution in [0.2, 0.25) is 0 Å². The number of carbonyl (C=O) groups excluding carboxylic acids is 3. The number of carbonyl (C=O) groups is 3. The van der Waals surface area contributed by atoms with Crippen molar-refractivity contribution in [3.05, 3.63) is 84.4 Å². The highest BCUT2D eigenvalue weighted by atomic mass is 16.6. The van der Waals surface area contributed by atoms with Crippen molar-refractivity contribution in [1.29, 1.82) is 0 Å². The quantitative estimate of drug-likeness (QED) is 0.182. The number of hydrogen-bond donors (Lipinski definition) is 2. The molecule has 0 aliphatic heterocycles. The Morgan fingerprint density at radius 2 is 1.66 bits per heavy atom. The topological polar surface area (TPSA) is 87.7 Å². The minimum atomic E-state index is -0.942. The van der Waals surface area contributed by atoms with Gasteiger partial charge in [0.2, 0.25) is 5.91 Å². The van der Waals surface area contributed by atoms with Gasteiger partial charge in [0.15, 0.2) is 0 Å². The van der Waals surface area contributed by atoms with E-state index in [9.17, 15) is 14.4 Å². The van der Waals surface area contributed by atoms with Crippen molar-refractivity contribution in [3.63, 3.8) is 0 Å². The van der Waals surface area contributed by atoms with Gasteiger partial charge in [0.05, 0.1) is 0 Å². The first kappa shape index (κ1) is 34.4. The number of ether oxygens (including phenoxy) is 1. The largest absolute Gasteiger partial charge is 0.444 e. The summed E-state index contributed by atoms with van der Waals surface area (Å²) in [5.74, 6) is -0.841. The second-order valence-corrected chi connectivity index (χ2v) is 12.4. The summed E-state index contributed by atoms with van der Waals surface area (Å²) in [5.41, 5.74) is 1.43. The lowest BCUT2D eigenvalue weighted by Crippen LogP contribution is -2.55. The zero-order valence-corrected chi connectivity index (χ0v) is 27.2. The maximum Gasteiger partial charge on any atom is 0.408 e. The van der Waals surface area contributed by atoms with Gasteiger partial charge in [0, 0.05) is 12.2 Å². The van der Waals surface area contributed by atoms with Crippen molar-refractivity contribution in [3.8, 4) is 0 Å². The molecule has 0 saturated heterocycles. The summed E-state index contributed by atoms with van der Waals surface area (Å²) in [4.78, 5) is 43.4. The molecule has 0 radical (unpaired) electrons. The number of unbranched alkanes of at least 4 members (excludes halogenated alkanes) is 3. The van der Waals surface area contributed by atoms with Gasteiger partial charge in [-0.3, -0.25) is 9.59 Å². The van der Waals surface area contributed by atoms with E-state index in [1.54, 1.807) is 31.7 Å². The second kappa shape index (κ2) is 16.1. The molecule has 2 N–H and O–H groups in total. The Balaban J connectivity index is 2.07. The molecule has 0 saturated carbocycles. The average molecular weight is 600 g/mol. The van der Waals surface area contributed by atoms with Gasteiger partial charge in [-0.05, 0) is 73.2 Å². The number of hydrogen-bond acceptors (Lipinski definition) is 4. The smallest absolute Gasteiger partial charge is 0.408 e. The Morgan fingerprint density at radius 1 is 0.932 bits per heavy atom. The summed E-state index contributed by atoms with van der Waals surface area (Å²) in [5, 5.41) is 8.00. The number of nitrogens with zero attached hydrogens (tertiary/aromatic N) is 1. The summed E-state index contributed by atoms with van der Waals surface area (Å²) in [7, 11) is 0. The average Bonchev–Trinajstić information content (AvgIpc) is 2.99. The summed E-state index contributed by atoms with van der Waals surface area (Å²) in [6.07, 6.45) is 5.41. The molecule has 0 fully saturated rings. The molecule has 0 aliphatic rings. The van der Waals surface area contributed by atoms with E-state index in [4.69, 9.17) is 4.74 Å². The summed E-state index contributed by atoms with van der Waals surface area (Å²) >= 11 is 0. The van der Waals surface area contributed by atoms with Crippen LogP contribution in [0, 0.1) is 5.92 Å². The van der Waals surface area contributed by atoms with E-state index in [-0.39, 0.29) is 17.7 Å². The van der Waals surface area contributed by atoms with Crippen LogP contribution in [0.25, 0.3) is 16.8 Å². The molecule has 0 heterocycles. The van der Waals surface area contributed by atoms with Crippen LogP contribution >= 0.6 is 0 Å². The van der Waals surface area contributed by atoms with E-state index in [0.29, 0.717) is 24.2 Å². The molecule has 0 aromatic heterocycles. The van der Waals surface area contributed by atoms with Gasteiger partial charge in [0.1, 0.15) is 17.7 Å². The fraction of sp³-hybridized carbons (Fsp3) is 0.432. The van der Waals surface area contributed by atoms with Crippen molar-refractivity contribution in [1.82, 2.24) is 10.2 Å². The third kappa shape index (κ3) is 9.69. The highest BCUT2D eigenvalue weighted by Crippen LogP contribution is 2.28. The fourth-order valence-corrected chi connectivity index (χ4v) is 5.18. The molecule has 7 heteroatoms. The molecule has 0 spiro atoms. The fourth-order valence-electron chi connectivity index (χ4n) is 5.18. The lowest BCUT2D eigenvalue weighted by Gasteiger charge is -2.36. The predicted molar refractivity (Wildman–Crippen MR) is 180 cm³/mol. The second-order valence-electron chi connectivity index (χ2n) is 12.4. The Labute approximate surface area is 263 Å².